The zero-order valence-electron chi connectivity index (χ0n) is 17.4. The first-order chi connectivity index (χ1) is 15.4. The van der Waals surface area contributed by atoms with Crippen LogP contribution >= 0.6 is 0 Å². The number of ketones is 2. The third-order valence-electron chi connectivity index (χ3n) is 4.56. The summed E-state index contributed by atoms with van der Waals surface area (Å²) < 4.78 is 9.28. The molecular formula is C26H18O6. The van der Waals surface area contributed by atoms with Crippen LogP contribution in [0.3, 0.4) is 0 Å². The van der Waals surface area contributed by atoms with Crippen LogP contribution in [0.4, 0.5) is 0 Å². The molecule has 3 aromatic carbocycles. The van der Waals surface area contributed by atoms with E-state index in [0.717, 1.165) is 0 Å². The highest BCUT2D eigenvalue weighted by molar-refractivity contribution is 6.49. The van der Waals surface area contributed by atoms with E-state index in [0.29, 0.717) is 16.7 Å². The van der Waals surface area contributed by atoms with Gasteiger partial charge in [-0.3, -0.25) is 9.59 Å². The van der Waals surface area contributed by atoms with Gasteiger partial charge in [0.05, 0.1) is 25.3 Å². The molecular weight excluding hydrogens is 408 g/mol. The summed E-state index contributed by atoms with van der Waals surface area (Å²) in [7, 11) is 2.57. The van der Waals surface area contributed by atoms with Gasteiger partial charge in [0.1, 0.15) is 0 Å². The van der Waals surface area contributed by atoms with E-state index in [9.17, 15) is 19.2 Å². The highest BCUT2D eigenvalue weighted by Gasteiger charge is 2.19. The molecule has 0 N–H and O–H groups in total. The molecule has 0 aromatic heterocycles. The molecule has 0 amide bonds. The summed E-state index contributed by atoms with van der Waals surface area (Å²) >= 11 is 0. The zero-order chi connectivity index (χ0) is 23.1. The number of hydrogen-bond acceptors (Lipinski definition) is 6. The Labute approximate surface area is 184 Å². The van der Waals surface area contributed by atoms with Crippen molar-refractivity contribution >= 4 is 23.5 Å². The molecule has 158 valence electrons. The fraction of sp³-hybridized carbons (Fsp3) is 0.0769. The quantitative estimate of drug-likeness (QED) is 0.267. The Balaban J connectivity index is 1.76. The third kappa shape index (κ3) is 5.15. The maximum absolute atomic E-state index is 12.6. The molecule has 32 heavy (non-hydrogen) atoms. The van der Waals surface area contributed by atoms with Gasteiger partial charge >= 0.3 is 11.9 Å². The van der Waals surface area contributed by atoms with E-state index in [1.165, 1.54) is 38.5 Å². The Bertz CT molecular complexity index is 1240. The average molecular weight is 426 g/mol. The van der Waals surface area contributed by atoms with E-state index in [1.54, 1.807) is 48.5 Å². The van der Waals surface area contributed by atoms with Crippen LogP contribution in [0.25, 0.3) is 0 Å². The molecule has 0 aliphatic carbocycles. The molecule has 0 fully saturated rings. The van der Waals surface area contributed by atoms with E-state index in [2.05, 4.69) is 21.3 Å². The minimum absolute atomic E-state index is 0.171. The summed E-state index contributed by atoms with van der Waals surface area (Å²) in [6.45, 7) is 0. The van der Waals surface area contributed by atoms with Gasteiger partial charge in [-0.15, -0.1) is 0 Å². The van der Waals surface area contributed by atoms with E-state index in [4.69, 9.17) is 0 Å². The lowest BCUT2D eigenvalue weighted by Crippen LogP contribution is -2.15. The van der Waals surface area contributed by atoms with Crippen LogP contribution < -0.4 is 0 Å². The molecule has 0 heterocycles. The second-order valence-corrected chi connectivity index (χ2v) is 6.63. The number of ether oxygens (including phenoxy) is 2. The number of rotatable bonds is 5. The maximum Gasteiger partial charge on any atom is 0.337 e. The number of hydrogen-bond donors (Lipinski definition) is 0. The summed E-state index contributed by atoms with van der Waals surface area (Å²) in [4.78, 5) is 48.2. The number of carbonyl (C=O) groups excluding carboxylic acids is 4. The minimum Gasteiger partial charge on any atom is -0.465 e. The second kappa shape index (κ2) is 10.0. The zero-order valence-corrected chi connectivity index (χ0v) is 17.4. The van der Waals surface area contributed by atoms with Crippen LogP contribution in [0.1, 0.15) is 52.6 Å². The van der Waals surface area contributed by atoms with Crippen molar-refractivity contribution in [2.75, 3.05) is 14.2 Å². The van der Waals surface area contributed by atoms with E-state index in [-0.39, 0.29) is 16.7 Å². The van der Waals surface area contributed by atoms with Crippen molar-refractivity contribution in [2.24, 2.45) is 0 Å². The number of Topliss-reactive ketones (excluding diaryl/α,β-unsaturated/α-hetero) is 2. The summed E-state index contributed by atoms with van der Waals surface area (Å²) in [5.74, 6) is 3.57. The van der Waals surface area contributed by atoms with Crippen molar-refractivity contribution in [2.45, 2.75) is 0 Å². The van der Waals surface area contributed by atoms with Crippen molar-refractivity contribution in [1.29, 1.82) is 0 Å². The summed E-state index contributed by atoms with van der Waals surface area (Å²) in [5, 5.41) is 0. The lowest BCUT2D eigenvalue weighted by Gasteiger charge is -2.03. The first-order valence-corrected chi connectivity index (χ1v) is 9.51. The minimum atomic E-state index is -0.690. The molecule has 0 atom stereocenters. The third-order valence-corrected chi connectivity index (χ3v) is 4.56. The Morgan fingerprint density at radius 1 is 0.562 bits per heavy atom. The van der Waals surface area contributed by atoms with Crippen LogP contribution in [0.15, 0.2) is 72.8 Å². The van der Waals surface area contributed by atoms with Crippen LogP contribution in [0.5, 0.6) is 0 Å². The van der Waals surface area contributed by atoms with Gasteiger partial charge in [-0.2, -0.15) is 0 Å². The molecule has 0 saturated heterocycles. The molecule has 6 heteroatoms. The number of carbonyl (C=O) groups is 4. The maximum atomic E-state index is 12.6. The van der Waals surface area contributed by atoms with Gasteiger partial charge in [0, 0.05) is 22.3 Å². The first kappa shape index (κ1) is 22.2. The van der Waals surface area contributed by atoms with Crippen molar-refractivity contribution in [3.8, 4) is 11.8 Å². The Kier molecular flexibility index (Phi) is 6.94. The van der Waals surface area contributed by atoms with Crippen LogP contribution in [0.2, 0.25) is 0 Å². The Morgan fingerprint density at radius 2 is 1.03 bits per heavy atom. The molecule has 0 bridgehead atoms. The van der Waals surface area contributed by atoms with E-state index in [1.807, 2.05) is 0 Å². The molecule has 6 nitrogen and oxygen atoms in total. The van der Waals surface area contributed by atoms with Gasteiger partial charge in [-0.1, -0.05) is 36.1 Å². The van der Waals surface area contributed by atoms with Crippen molar-refractivity contribution in [1.82, 2.24) is 0 Å². The summed E-state index contributed by atoms with van der Waals surface area (Å²) in [6, 6.07) is 18.7. The molecule has 0 aliphatic heterocycles. The normalized spacial score (nSPS) is 9.81. The largest absolute Gasteiger partial charge is 0.465 e. The first-order valence-electron chi connectivity index (χ1n) is 9.51. The standard InChI is InChI=1S/C26H18O6/c1-31-25(29)20-10-8-17(9-11-20)6-7-18-4-3-5-22(16-18)24(28)23(27)19-12-14-21(15-13-19)26(30)32-2/h3-5,8-16H,1-2H3. The smallest absolute Gasteiger partial charge is 0.337 e. The lowest BCUT2D eigenvalue weighted by atomic mass is 9.99. The molecule has 0 radical (unpaired) electrons. The van der Waals surface area contributed by atoms with Crippen molar-refractivity contribution in [3.05, 3.63) is 106 Å². The highest BCUT2D eigenvalue weighted by atomic mass is 16.5. The van der Waals surface area contributed by atoms with Crippen LogP contribution in [0, 0.1) is 11.8 Å². The molecule has 3 rings (SSSR count). The average Bonchev–Trinajstić information content (AvgIpc) is 2.86. The molecule has 0 saturated carbocycles. The fourth-order valence-electron chi connectivity index (χ4n) is 2.83. The molecule has 0 unspecified atom stereocenters. The Morgan fingerprint density at radius 3 is 1.59 bits per heavy atom. The van der Waals surface area contributed by atoms with E-state index < -0.39 is 23.5 Å². The number of benzene rings is 3. The van der Waals surface area contributed by atoms with Crippen LogP contribution in [-0.4, -0.2) is 37.7 Å². The molecule has 3 aromatic rings. The van der Waals surface area contributed by atoms with Gasteiger partial charge < -0.3 is 9.47 Å². The van der Waals surface area contributed by atoms with Gasteiger partial charge in [-0.05, 0) is 48.5 Å². The lowest BCUT2D eigenvalue weighted by molar-refractivity contribution is 0.0592. The summed E-state index contributed by atoms with van der Waals surface area (Å²) in [6.07, 6.45) is 0. The Hall–Kier alpha value is -4.50. The van der Waals surface area contributed by atoms with Gasteiger partial charge in [0.25, 0.3) is 0 Å². The van der Waals surface area contributed by atoms with Crippen LogP contribution in [-0.2, 0) is 9.47 Å². The van der Waals surface area contributed by atoms with Gasteiger partial charge in [0.2, 0.25) is 11.6 Å². The highest BCUT2D eigenvalue weighted by Crippen LogP contribution is 2.12. The number of methoxy groups -OCH3 is 2. The van der Waals surface area contributed by atoms with Crippen molar-refractivity contribution in [3.63, 3.8) is 0 Å². The molecule has 0 aliphatic rings. The number of esters is 2. The molecule has 0 spiro atoms. The van der Waals surface area contributed by atoms with Gasteiger partial charge in [0.15, 0.2) is 0 Å². The van der Waals surface area contributed by atoms with E-state index >= 15 is 0 Å². The fourth-order valence-corrected chi connectivity index (χ4v) is 2.83. The summed E-state index contributed by atoms with van der Waals surface area (Å²) in [5.41, 5.74) is 2.32. The van der Waals surface area contributed by atoms with Crippen molar-refractivity contribution < 1.29 is 28.7 Å². The second-order valence-electron chi connectivity index (χ2n) is 6.63. The monoisotopic (exact) mass is 426 g/mol. The topological polar surface area (TPSA) is 86.7 Å². The predicted molar refractivity (Wildman–Crippen MR) is 117 cm³/mol. The van der Waals surface area contributed by atoms with Gasteiger partial charge in [-0.25, -0.2) is 9.59 Å². The SMILES string of the molecule is COC(=O)c1ccc(C#Cc2cccc(C(=O)C(=O)c3ccc(C(=O)OC)cc3)c2)cc1. The predicted octanol–water partition coefficient (Wildman–Crippen LogP) is 3.73.